The van der Waals surface area contributed by atoms with E-state index in [0.29, 0.717) is 25.3 Å². The number of carbonyl (C=O) groups excluding carboxylic acids is 1. The van der Waals surface area contributed by atoms with Gasteiger partial charge < -0.3 is 9.64 Å². The molecule has 0 N–H and O–H groups in total. The summed E-state index contributed by atoms with van der Waals surface area (Å²) in [5, 5.41) is 0. The second-order valence-corrected chi connectivity index (χ2v) is 9.74. The average molecular weight is 458 g/mol. The van der Waals surface area contributed by atoms with Crippen LogP contribution in [0.3, 0.4) is 0 Å². The van der Waals surface area contributed by atoms with E-state index in [9.17, 15) is 4.79 Å². The molecule has 0 bridgehead atoms. The SMILES string of the molecule is COc1ccccc1[C@H](C)C(=O)N1CC2C(F)CCC(c3ccccc3)(c3ccccc3)C2C1. The van der Waals surface area contributed by atoms with Crippen LogP contribution < -0.4 is 4.74 Å². The molecule has 3 unspecified atom stereocenters. The quantitative estimate of drug-likeness (QED) is 0.471. The van der Waals surface area contributed by atoms with Crippen LogP contribution >= 0.6 is 0 Å². The molecule has 2 aliphatic rings. The van der Waals surface area contributed by atoms with Crippen molar-refractivity contribution in [3.63, 3.8) is 0 Å². The predicted octanol–water partition coefficient (Wildman–Crippen LogP) is 5.99. The maximum absolute atomic E-state index is 15.4. The molecule has 4 heteroatoms. The fourth-order valence-electron chi connectivity index (χ4n) is 6.45. The minimum atomic E-state index is -0.898. The lowest BCUT2D eigenvalue weighted by Crippen LogP contribution is -2.47. The zero-order valence-corrected chi connectivity index (χ0v) is 19.9. The molecule has 1 aliphatic heterocycles. The lowest BCUT2D eigenvalue weighted by molar-refractivity contribution is -0.131. The number of rotatable bonds is 5. The number of para-hydroxylation sites is 1. The summed E-state index contributed by atoms with van der Waals surface area (Å²) in [6.45, 7) is 2.95. The Labute approximate surface area is 201 Å². The van der Waals surface area contributed by atoms with Crippen LogP contribution in [0.2, 0.25) is 0 Å². The lowest BCUT2D eigenvalue weighted by Gasteiger charge is -2.47. The van der Waals surface area contributed by atoms with Crippen LogP contribution in [-0.4, -0.2) is 37.2 Å². The summed E-state index contributed by atoms with van der Waals surface area (Å²) in [4.78, 5) is 15.6. The normalized spacial score (nSPS) is 24.3. The van der Waals surface area contributed by atoms with Crippen LogP contribution in [0.25, 0.3) is 0 Å². The van der Waals surface area contributed by atoms with Gasteiger partial charge in [-0.2, -0.15) is 0 Å². The molecule has 1 saturated heterocycles. The summed E-state index contributed by atoms with van der Waals surface area (Å²) in [5.74, 6) is 0.252. The first-order chi connectivity index (χ1) is 16.6. The Morgan fingerprint density at radius 1 is 0.941 bits per heavy atom. The lowest BCUT2D eigenvalue weighted by atomic mass is 9.56. The summed E-state index contributed by atoms with van der Waals surface area (Å²) in [6, 6.07) is 28.7. The molecule has 1 aliphatic carbocycles. The van der Waals surface area contributed by atoms with Gasteiger partial charge in [-0.05, 0) is 42.9 Å². The van der Waals surface area contributed by atoms with Gasteiger partial charge in [-0.15, -0.1) is 0 Å². The molecule has 3 aromatic carbocycles. The Bertz CT molecular complexity index is 1090. The summed E-state index contributed by atoms with van der Waals surface area (Å²) >= 11 is 0. The van der Waals surface area contributed by atoms with Gasteiger partial charge in [0.15, 0.2) is 0 Å². The van der Waals surface area contributed by atoms with Gasteiger partial charge in [-0.3, -0.25) is 4.79 Å². The molecule has 4 atom stereocenters. The number of hydrogen-bond donors (Lipinski definition) is 0. The number of amides is 1. The number of alkyl halides is 1. The number of likely N-dealkylation sites (tertiary alicyclic amines) is 1. The van der Waals surface area contributed by atoms with Gasteiger partial charge in [0.25, 0.3) is 0 Å². The molecule has 1 saturated carbocycles. The Hall–Kier alpha value is -3.14. The Kier molecular flexibility index (Phi) is 6.16. The summed E-state index contributed by atoms with van der Waals surface area (Å²) in [7, 11) is 1.63. The zero-order chi connectivity index (χ0) is 23.7. The van der Waals surface area contributed by atoms with Crippen LogP contribution in [0.1, 0.15) is 42.4 Å². The van der Waals surface area contributed by atoms with Gasteiger partial charge in [0.1, 0.15) is 11.9 Å². The van der Waals surface area contributed by atoms with Gasteiger partial charge >= 0.3 is 0 Å². The van der Waals surface area contributed by atoms with Crippen molar-refractivity contribution in [1.29, 1.82) is 0 Å². The van der Waals surface area contributed by atoms with E-state index in [0.717, 1.165) is 12.0 Å². The van der Waals surface area contributed by atoms with Crippen molar-refractivity contribution in [2.45, 2.75) is 37.3 Å². The van der Waals surface area contributed by atoms with Crippen LogP contribution in [0, 0.1) is 11.8 Å². The van der Waals surface area contributed by atoms with Crippen molar-refractivity contribution in [3.05, 3.63) is 102 Å². The number of carbonyl (C=O) groups is 1. The second-order valence-electron chi connectivity index (χ2n) is 9.74. The predicted molar refractivity (Wildman–Crippen MR) is 133 cm³/mol. The van der Waals surface area contributed by atoms with Crippen molar-refractivity contribution < 1.29 is 13.9 Å². The highest BCUT2D eigenvalue weighted by molar-refractivity contribution is 5.84. The Morgan fingerprint density at radius 3 is 2.15 bits per heavy atom. The summed E-state index contributed by atoms with van der Waals surface area (Å²) in [5.41, 5.74) is 3.00. The van der Waals surface area contributed by atoms with Gasteiger partial charge in [-0.1, -0.05) is 78.9 Å². The average Bonchev–Trinajstić information content (AvgIpc) is 3.36. The molecule has 0 radical (unpaired) electrons. The molecule has 0 aromatic heterocycles. The van der Waals surface area contributed by atoms with E-state index >= 15 is 4.39 Å². The number of hydrogen-bond acceptors (Lipinski definition) is 2. The smallest absolute Gasteiger partial charge is 0.229 e. The number of halogens is 1. The van der Waals surface area contributed by atoms with E-state index in [1.54, 1.807) is 7.11 Å². The van der Waals surface area contributed by atoms with Crippen LogP contribution in [0.4, 0.5) is 4.39 Å². The molecule has 2 fully saturated rings. The van der Waals surface area contributed by atoms with E-state index in [2.05, 4.69) is 48.5 Å². The van der Waals surface area contributed by atoms with Crippen LogP contribution in [0.5, 0.6) is 5.75 Å². The largest absolute Gasteiger partial charge is 0.496 e. The number of methoxy groups -OCH3 is 1. The number of fused-ring (bicyclic) bond motifs is 1. The standard InChI is InChI=1S/C30H32FNO2/c1-21(24-15-9-10-16-28(24)34-2)29(33)32-19-25-26(20-32)30(18-17-27(25)31,22-11-5-3-6-12-22)23-13-7-4-8-14-23/h3-16,21,25-27H,17-20H2,1-2H3/t21-,25?,26?,27?/m0/s1. The van der Waals surface area contributed by atoms with Crippen molar-refractivity contribution in [2.75, 3.05) is 20.2 Å². The molecule has 176 valence electrons. The first-order valence-corrected chi connectivity index (χ1v) is 12.2. The van der Waals surface area contributed by atoms with Gasteiger partial charge in [-0.25, -0.2) is 4.39 Å². The maximum atomic E-state index is 15.4. The topological polar surface area (TPSA) is 29.5 Å². The number of ether oxygens (including phenoxy) is 1. The molecular weight excluding hydrogens is 425 g/mol. The van der Waals surface area contributed by atoms with Gasteiger partial charge in [0.2, 0.25) is 5.91 Å². The fourth-order valence-corrected chi connectivity index (χ4v) is 6.45. The van der Waals surface area contributed by atoms with E-state index in [1.807, 2.05) is 48.2 Å². The molecule has 0 spiro atoms. The second kappa shape index (κ2) is 9.25. The zero-order valence-electron chi connectivity index (χ0n) is 19.9. The van der Waals surface area contributed by atoms with Crippen molar-refractivity contribution in [3.8, 4) is 5.75 Å². The number of nitrogens with zero attached hydrogens (tertiary/aromatic N) is 1. The molecule has 5 rings (SSSR count). The summed E-state index contributed by atoms with van der Waals surface area (Å²) in [6.07, 6.45) is 0.354. The third-order valence-electron chi connectivity index (χ3n) is 8.14. The minimum Gasteiger partial charge on any atom is -0.496 e. The first-order valence-electron chi connectivity index (χ1n) is 12.2. The van der Waals surface area contributed by atoms with E-state index in [1.165, 1.54) is 11.1 Å². The van der Waals surface area contributed by atoms with Crippen molar-refractivity contribution in [1.82, 2.24) is 4.90 Å². The molecular formula is C30H32FNO2. The molecule has 1 heterocycles. The van der Waals surface area contributed by atoms with Gasteiger partial charge in [0, 0.05) is 30.0 Å². The van der Waals surface area contributed by atoms with E-state index in [4.69, 9.17) is 4.74 Å². The Balaban J connectivity index is 1.52. The molecule has 3 aromatic rings. The number of benzene rings is 3. The molecule has 1 amide bonds. The summed E-state index contributed by atoms with van der Waals surface area (Å²) < 4.78 is 20.9. The van der Waals surface area contributed by atoms with Gasteiger partial charge in [0.05, 0.1) is 13.0 Å². The van der Waals surface area contributed by atoms with Crippen molar-refractivity contribution in [2.24, 2.45) is 11.8 Å². The van der Waals surface area contributed by atoms with E-state index < -0.39 is 6.17 Å². The monoisotopic (exact) mass is 457 g/mol. The van der Waals surface area contributed by atoms with Crippen LogP contribution in [-0.2, 0) is 10.2 Å². The highest BCUT2D eigenvalue weighted by atomic mass is 19.1. The molecule has 3 nitrogen and oxygen atoms in total. The first kappa shape index (κ1) is 22.6. The van der Waals surface area contributed by atoms with Crippen LogP contribution in [0.15, 0.2) is 84.9 Å². The third kappa shape index (κ3) is 3.70. The third-order valence-corrected chi connectivity index (χ3v) is 8.14. The highest BCUT2D eigenvalue weighted by Gasteiger charge is 2.55. The molecule has 34 heavy (non-hydrogen) atoms. The highest BCUT2D eigenvalue weighted by Crippen LogP contribution is 2.54. The Morgan fingerprint density at radius 2 is 1.53 bits per heavy atom. The van der Waals surface area contributed by atoms with Crippen molar-refractivity contribution >= 4 is 5.91 Å². The fraction of sp³-hybridized carbons (Fsp3) is 0.367. The maximum Gasteiger partial charge on any atom is 0.229 e. The van der Waals surface area contributed by atoms with E-state index in [-0.39, 0.29) is 29.1 Å². The minimum absolute atomic E-state index is 0.0230.